The Morgan fingerprint density at radius 2 is 1.81 bits per heavy atom. The first-order valence-electron chi connectivity index (χ1n) is 8.53. The van der Waals surface area contributed by atoms with Crippen molar-refractivity contribution in [3.8, 4) is 0 Å². The van der Waals surface area contributed by atoms with Crippen LogP contribution in [-0.4, -0.2) is 17.0 Å². The van der Waals surface area contributed by atoms with Gasteiger partial charge in [-0.25, -0.2) is 0 Å². The quantitative estimate of drug-likeness (QED) is 0.781. The molecule has 0 heterocycles. The summed E-state index contributed by atoms with van der Waals surface area (Å²) < 4.78 is 38.4. The van der Waals surface area contributed by atoms with Crippen molar-refractivity contribution in [3.63, 3.8) is 0 Å². The largest absolute Gasteiger partial charge is 0.481 e. The summed E-state index contributed by atoms with van der Waals surface area (Å²) >= 11 is 0. The van der Waals surface area contributed by atoms with E-state index in [4.69, 9.17) is 5.11 Å². The van der Waals surface area contributed by atoms with Gasteiger partial charge >= 0.3 is 12.1 Å². The maximum absolute atomic E-state index is 12.8. The van der Waals surface area contributed by atoms with Crippen molar-refractivity contribution >= 4 is 17.6 Å². The van der Waals surface area contributed by atoms with Gasteiger partial charge in [-0.1, -0.05) is 30.3 Å². The summed E-state index contributed by atoms with van der Waals surface area (Å²) in [5.41, 5.74) is 1.24. The highest BCUT2D eigenvalue weighted by Gasteiger charge is 2.44. The van der Waals surface area contributed by atoms with Crippen molar-refractivity contribution in [2.75, 3.05) is 5.32 Å². The van der Waals surface area contributed by atoms with Gasteiger partial charge in [0, 0.05) is 18.0 Å². The summed E-state index contributed by atoms with van der Waals surface area (Å²) in [5, 5.41) is 11.4. The number of carboxylic acids is 1. The first-order chi connectivity index (χ1) is 12.7. The number of halogens is 3. The van der Waals surface area contributed by atoms with Gasteiger partial charge in [-0.3, -0.25) is 9.59 Å². The number of benzene rings is 2. The van der Waals surface area contributed by atoms with Crippen LogP contribution in [0.4, 0.5) is 18.9 Å². The first kappa shape index (κ1) is 18.9. The van der Waals surface area contributed by atoms with E-state index in [9.17, 15) is 22.8 Å². The Hall–Kier alpha value is -2.83. The molecule has 1 fully saturated rings. The van der Waals surface area contributed by atoms with Crippen molar-refractivity contribution < 1.29 is 27.9 Å². The second kappa shape index (κ2) is 7.42. The lowest BCUT2D eigenvalue weighted by molar-refractivity contribution is -0.138. The number of aryl methyl sites for hydroxylation is 1. The van der Waals surface area contributed by atoms with Crippen LogP contribution in [-0.2, 0) is 22.2 Å². The van der Waals surface area contributed by atoms with Crippen LogP contribution < -0.4 is 5.32 Å². The molecule has 0 aliphatic heterocycles. The average molecular weight is 377 g/mol. The number of aliphatic carboxylic acids is 1. The molecule has 0 radical (unpaired) electrons. The fourth-order valence-corrected chi connectivity index (χ4v) is 3.04. The van der Waals surface area contributed by atoms with Crippen LogP contribution in [0, 0.1) is 5.92 Å². The number of alkyl halides is 3. The molecule has 0 bridgehead atoms. The van der Waals surface area contributed by atoms with Crippen LogP contribution in [0.15, 0.2) is 48.5 Å². The minimum Gasteiger partial charge on any atom is -0.481 e. The Bertz CT molecular complexity index is 846. The fourth-order valence-electron chi connectivity index (χ4n) is 3.04. The molecule has 142 valence electrons. The number of hydrogen-bond donors (Lipinski definition) is 2. The highest BCUT2D eigenvalue weighted by atomic mass is 19.4. The van der Waals surface area contributed by atoms with Crippen molar-refractivity contribution in [3.05, 3.63) is 65.2 Å². The third-order valence-electron chi connectivity index (χ3n) is 4.62. The zero-order valence-corrected chi connectivity index (χ0v) is 14.3. The Morgan fingerprint density at radius 3 is 2.44 bits per heavy atom. The molecule has 0 aromatic heterocycles. The molecule has 1 aliphatic rings. The second-order valence-corrected chi connectivity index (χ2v) is 6.65. The summed E-state index contributed by atoms with van der Waals surface area (Å²) in [6.45, 7) is 0. The summed E-state index contributed by atoms with van der Waals surface area (Å²) in [6, 6.07) is 12.0. The van der Waals surface area contributed by atoms with Crippen LogP contribution in [0.5, 0.6) is 0 Å². The molecule has 2 aromatic rings. The lowest BCUT2D eigenvalue weighted by Gasteiger charge is -2.09. The molecule has 1 aliphatic carbocycles. The van der Waals surface area contributed by atoms with E-state index in [1.807, 2.05) is 0 Å². The number of anilines is 1. The van der Waals surface area contributed by atoms with E-state index in [-0.39, 0.29) is 24.2 Å². The predicted molar refractivity (Wildman–Crippen MR) is 93.3 cm³/mol. The lowest BCUT2D eigenvalue weighted by Crippen LogP contribution is -2.14. The molecular formula is C20H18F3NO3. The zero-order valence-electron chi connectivity index (χ0n) is 14.3. The van der Waals surface area contributed by atoms with Gasteiger partial charge in [0.15, 0.2) is 0 Å². The molecule has 0 spiro atoms. The van der Waals surface area contributed by atoms with E-state index in [2.05, 4.69) is 5.32 Å². The monoisotopic (exact) mass is 377 g/mol. The molecule has 1 amide bonds. The molecular weight excluding hydrogens is 359 g/mol. The summed E-state index contributed by atoms with van der Waals surface area (Å²) in [7, 11) is 0. The molecule has 1 saturated carbocycles. The fraction of sp³-hybridized carbons (Fsp3) is 0.300. The third-order valence-corrected chi connectivity index (χ3v) is 4.62. The van der Waals surface area contributed by atoms with Crippen LogP contribution in [0.1, 0.15) is 35.4 Å². The van der Waals surface area contributed by atoms with E-state index in [1.165, 1.54) is 6.07 Å². The Labute approximate surface area is 154 Å². The van der Waals surface area contributed by atoms with Gasteiger partial charge < -0.3 is 10.4 Å². The summed E-state index contributed by atoms with van der Waals surface area (Å²) in [5.74, 6) is -1.65. The van der Waals surface area contributed by atoms with Gasteiger partial charge in [-0.05, 0) is 48.1 Å². The molecule has 0 saturated heterocycles. The number of amides is 1. The topological polar surface area (TPSA) is 66.4 Å². The lowest BCUT2D eigenvalue weighted by atomic mass is 10.1. The van der Waals surface area contributed by atoms with Gasteiger partial charge in [-0.15, -0.1) is 0 Å². The van der Waals surface area contributed by atoms with E-state index in [0.29, 0.717) is 24.1 Å². The van der Waals surface area contributed by atoms with Gasteiger partial charge in [0.25, 0.3) is 0 Å². The standard InChI is InChI=1S/C20H18F3NO3/c21-20(22,23)14-3-1-2-13(10-14)16-11-17(16)19(27)24-15-7-4-12(5-8-15)6-9-18(25)26/h1-5,7-8,10,16-17H,6,9,11H2,(H,24,27)(H,25,26). The number of nitrogens with one attached hydrogen (secondary N) is 1. The summed E-state index contributed by atoms with van der Waals surface area (Å²) in [4.78, 5) is 22.9. The number of carboxylic acid groups (broad SMARTS) is 1. The van der Waals surface area contributed by atoms with Gasteiger partial charge in [-0.2, -0.15) is 13.2 Å². The van der Waals surface area contributed by atoms with E-state index in [1.54, 1.807) is 30.3 Å². The van der Waals surface area contributed by atoms with E-state index in [0.717, 1.165) is 17.7 Å². The number of hydrogen-bond acceptors (Lipinski definition) is 2. The minimum atomic E-state index is -4.40. The maximum atomic E-state index is 12.8. The van der Waals surface area contributed by atoms with Gasteiger partial charge in [0.05, 0.1) is 5.56 Å². The highest BCUT2D eigenvalue weighted by Crippen LogP contribution is 2.48. The Morgan fingerprint density at radius 1 is 1.11 bits per heavy atom. The highest BCUT2D eigenvalue weighted by molar-refractivity contribution is 5.95. The van der Waals surface area contributed by atoms with Crippen molar-refractivity contribution in [1.29, 1.82) is 0 Å². The Balaban J connectivity index is 1.58. The van der Waals surface area contributed by atoms with Crippen molar-refractivity contribution in [2.24, 2.45) is 5.92 Å². The maximum Gasteiger partial charge on any atom is 0.416 e. The molecule has 2 atom stereocenters. The predicted octanol–water partition coefficient (Wildman–Crippen LogP) is 4.46. The first-order valence-corrected chi connectivity index (χ1v) is 8.53. The average Bonchev–Trinajstić information content (AvgIpc) is 3.41. The van der Waals surface area contributed by atoms with Crippen LogP contribution in [0.3, 0.4) is 0 Å². The SMILES string of the molecule is O=C(O)CCc1ccc(NC(=O)C2CC2c2cccc(C(F)(F)F)c2)cc1. The molecule has 27 heavy (non-hydrogen) atoms. The van der Waals surface area contributed by atoms with Gasteiger partial charge in [0.1, 0.15) is 0 Å². The molecule has 3 rings (SSSR count). The smallest absolute Gasteiger partial charge is 0.416 e. The Kier molecular flexibility index (Phi) is 5.21. The van der Waals surface area contributed by atoms with E-state index < -0.39 is 17.7 Å². The zero-order chi connectivity index (χ0) is 19.6. The second-order valence-electron chi connectivity index (χ2n) is 6.65. The van der Waals surface area contributed by atoms with Crippen LogP contribution in [0.25, 0.3) is 0 Å². The number of rotatable bonds is 6. The molecule has 2 N–H and O–H groups in total. The van der Waals surface area contributed by atoms with Crippen molar-refractivity contribution in [1.82, 2.24) is 0 Å². The molecule has 7 heteroatoms. The normalized spacial score (nSPS) is 18.8. The number of carbonyl (C=O) groups is 2. The summed E-state index contributed by atoms with van der Waals surface area (Å²) in [6.07, 6.45) is -3.44. The minimum absolute atomic E-state index is 0.0342. The van der Waals surface area contributed by atoms with Crippen LogP contribution in [0.2, 0.25) is 0 Å². The number of carbonyl (C=O) groups excluding carboxylic acids is 1. The van der Waals surface area contributed by atoms with Crippen molar-refractivity contribution in [2.45, 2.75) is 31.4 Å². The van der Waals surface area contributed by atoms with Gasteiger partial charge in [0.2, 0.25) is 5.91 Å². The molecule has 4 nitrogen and oxygen atoms in total. The van der Waals surface area contributed by atoms with E-state index >= 15 is 0 Å². The molecule has 2 aromatic carbocycles. The molecule has 2 unspecified atom stereocenters. The van der Waals surface area contributed by atoms with Crippen LogP contribution >= 0.6 is 0 Å². The third kappa shape index (κ3) is 4.87.